The van der Waals surface area contributed by atoms with E-state index in [9.17, 15) is 19.2 Å². The molecule has 0 radical (unpaired) electrons. The van der Waals surface area contributed by atoms with Crippen molar-refractivity contribution in [2.45, 2.75) is 13.8 Å². The number of aromatic carboxylic acids is 1. The van der Waals surface area contributed by atoms with E-state index in [0.717, 1.165) is 16.0 Å². The molecule has 9 heteroatoms. The first-order valence-corrected chi connectivity index (χ1v) is 10.2. The number of aryl methyl sites for hydroxylation is 1. The maximum Gasteiger partial charge on any atom is 0.337 e. The van der Waals surface area contributed by atoms with Crippen molar-refractivity contribution in [2.75, 3.05) is 4.90 Å². The fourth-order valence-corrected chi connectivity index (χ4v) is 3.69. The number of anilines is 1. The molecule has 0 saturated carbocycles. The summed E-state index contributed by atoms with van der Waals surface area (Å²) in [5.41, 5.74) is 2.20. The number of furan rings is 1. The highest BCUT2D eigenvalue weighted by molar-refractivity contribution is 6.39. The minimum atomic E-state index is -1.15. The normalized spacial score (nSPS) is 15.2. The maximum absolute atomic E-state index is 13.1. The summed E-state index contributed by atoms with van der Waals surface area (Å²) in [5, 5.41) is 11.3. The molecule has 2 aromatic carbocycles. The Morgan fingerprint density at radius 2 is 1.85 bits per heavy atom. The molecule has 0 unspecified atom stereocenters. The summed E-state index contributed by atoms with van der Waals surface area (Å²) in [6.07, 6.45) is 1.25. The number of hydrogen-bond donors (Lipinski definition) is 2. The van der Waals surface area contributed by atoms with Crippen molar-refractivity contribution < 1.29 is 28.7 Å². The number of carbonyl (C=O) groups is 4. The van der Waals surface area contributed by atoms with E-state index in [1.807, 2.05) is 13.0 Å². The van der Waals surface area contributed by atoms with Gasteiger partial charge < -0.3 is 9.52 Å². The number of halogens is 1. The summed E-state index contributed by atoms with van der Waals surface area (Å²) in [4.78, 5) is 50.0. The smallest absolute Gasteiger partial charge is 0.337 e. The minimum Gasteiger partial charge on any atom is -0.478 e. The molecule has 0 bridgehead atoms. The van der Waals surface area contributed by atoms with Gasteiger partial charge in [-0.3, -0.25) is 14.9 Å². The molecule has 1 aromatic heterocycles. The van der Waals surface area contributed by atoms with E-state index < -0.39 is 23.8 Å². The Morgan fingerprint density at radius 3 is 2.55 bits per heavy atom. The van der Waals surface area contributed by atoms with Crippen molar-refractivity contribution in [3.63, 3.8) is 0 Å². The molecule has 2 N–H and O–H groups in total. The van der Waals surface area contributed by atoms with E-state index in [4.69, 9.17) is 21.1 Å². The highest BCUT2D eigenvalue weighted by Crippen LogP contribution is 2.30. The van der Waals surface area contributed by atoms with E-state index in [1.54, 1.807) is 31.2 Å². The Hall–Kier alpha value is -4.17. The molecule has 1 aliphatic rings. The van der Waals surface area contributed by atoms with Crippen LogP contribution in [0.25, 0.3) is 17.4 Å². The van der Waals surface area contributed by atoms with Crippen LogP contribution in [-0.4, -0.2) is 28.9 Å². The minimum absolute atomic E-state index is 0.0424. The molecule has 1 saturated heterocycles. The van der Waals surface area contributed by atoms with Gasteiger partial charge in [-0.15, -0.1) is 0 Å². The number of barbiturate groups is 1. The molecular formula is C24H17ClN2O6. The summed E-state index contributed by atoms with van der Waals surface area (Å²) in [5.74, 6) is -2.21. The number of imide groups is 2. The Kier molecular flexibility index (Phi) is 5.61. The first kappa shape index (κ1) is 22.0. The Balaban J connectivity index is 1.68. The second-order valence-electron chi connectivity index (χ2n) is 7.38. The van der Waals surface area contributed by atoms with Gasteiger partial charge in [-0.25, -0.2) is 14.5 Å². The second kappa shape index (κ2) is 8.40. The zero-order chi connectivity index (χ0) is 23.9. The number of carboxylic acid groups (broad SMARTS) is 1. The van der Waals surface area contributed by atoms with Gasteiger partial charge in [-0.05, 0) is 61.4 Å². The summed E-state index contributed by atoms with van der Waals surface area (Å²) in [6, 6.07) is 11.8. The molecule has 33 heavy (non-hydrogen) atoms. The molecule has 0 atom stereocenters. The molecule has 2 heterocycles. The van der Waals surface area contributed by atoms with Crippen molar-refractivity contribution in [1.29, 1.82) is 0 Å². The first-order chi connectivity index (χ1) is 15.7. The van der Waals surface area contributed by atoms with Crippen LogP contribution in [0.5, 0.6) is 0 Å². The fraction of sp³-hybridized carbons (Fsp3) is 0.0833. The molecule has 0 spiro atoms. The zero-order valence-corrected chi connectivity index (χ0v) is 18.3. The highest BCUT2D eigenvalue weighted by atomic mass is 35.5. The molecule has 4 amide bonds. The van der Waals surface area contributed by atoms with Gasteiger partial charge in [-0.2, -0.15) is 0 Å². The fourth-order valence-electron chi connectivity index (χ4n) is 3.42. The molecule has 1 fully saturated rings. The summed E-state index contributed by atoms with van der Waals surface area (Å²) in [6.45, 7) is 3.64. The van der Waals surface area contributed by atoms with E-state index >= 15 is 0 Å². The number of amides is 4. The molecule has 3 aromatic rings. The number of urea groups is 1. The average Bonchev–Trinajstić information content (AvgIpc) is 3.22. The van der Waals surface area contributed by atoms with Gasteiger partial charge in [0.1, 0.15) is 17.1 Å². The quantitative estimate of drug-likeness (QED) is 0.431. The van der Waals surface area contributed by atoms with Crippen LogP contribution < -0.4 is 10.2 Å². The van der Waals surface area contributed by atoms with E-state index in [1.165, 1.54) is 24.3 Å². The van der Waals surface area contributed by atoms with Crippen molar-refractivity contribution >= 4 is 47.2 Å². The van der Waals surface area contributed by atoms with Crippen molar-refractivity contribution in [2.24, 2.45) is 0 Å². The third-order valence-electron chi connectivity index (χ3n) is 5.32. The number of carboxylic acids is 1. The van der Waals surface area contributed by atoms with Crippen LogP contribution in [-0.2, 0) is 9.59 Å². The van der Waals surface area contributed by atoms with E-state index in [-0.39, 0.29) is 21.9 Å². The lowest BCUT2D eigenvalue weighted by Gasteiger charge is -2.27. The number of rotatable bonds is 4. The summed E-state index contributed by atoms with van der Waals surface area (Å²) in [7, 11) is 0. The Labute approximate surface area is 193 Å². The van der Waals surface area contributed by atoms with Gasteiger partial charge in [0.25, 0.3) is 11.8 Å². The summed E-state index contributed by atoms with van der Waals surface area (Å²) >= 11 is 6.02. The van der Waals surface area contributed by atoms with Gasteiger partial charge in [0.05, 0.1) is 16.3 Å². The number of carbonyl (C=O) groups excluding carboxylic acids is 3. The largest absolute Gasteiger partial charge is 0.478 e. The van der Waals surface area contributed by atoms with Crippen LogP contribution in [0.4, 0.5) is 10.5 Å². The average molecular weight is 465 g/mol. The predicted molar refractivity (Wildman–Crippen MR) is 121 cm³/mol. The SMILES string of the molecule is Cc1cccc(N2C(=O)NC(=O)/C(=C\c3ccc(-c4ccc(C(=O)O)c(Cl)c4)o3)C2=O)c1C. The van der Waals surface area contributed by atoms with Crippen molar-refractivity contribution in [1.82, 2.24) is 5.32 Å². The number of nitrogens with zero attached hydrogens (tertiary/aromatic N) is 1. The summed E-state index contributed by atoms with van der Waals surface area (Å²) < 4.78 is 5.72. The monoisotopic (exact) mass is 464 g/mol. The van der Waals surface area contributed by atoms with Crippen LogP contribution in [0.3, 0.4) is 0 Å². The van der Waals surface area contributed by atoms with E-state index in [2.05, 4.69) is 5.32 Å². The van der Waals surface area contributed by atoms with Gasteiger partial charge >= 0.3 is 12.0 Å². The molecule has 1 aliphatic heterocycles. The predicted octanol–water partition coefficient (Wildman–Crippen LogP) is 4.58. The lowest BCUT2D eigenvalue weighted by molar-refractivity contribution is -0.122. The van der Waals surface area contributed by atoms with Crippen LogP contribution in [0.2, 0.25) is 5.02 Å². The van der Waals surface area contributed by atoms with Gasteiger partial charge in [0.15, 0.2) is 0 Å². The number of benzene rings is 2. The standard InChI is InChI=1S/C24H17ClN2O6/c1-12-4-3-5-19(13(12)2)27-22(29)17(21(28)26-24(27)32)11-15-7-9-20(33-15)14-6-8-16(23(30)31)18(25)10-14/h3-11H,1-2H3,(H,30,31)(H,26,28,32)/b17-11+. The van der Waals surface area contributed by atoms with Crippen molar-refractivity contribution in [3.05, 3.63) is 81.6 Å². The third kappa shape index (κ3) is 4.04. The molecule has 0 aliphatic carbocycles. The van der Waals surface area contributed by atoms with Crippen LogP contribution >= 0.6 is 11.6 Å². The first-order valence-electron chi connectivity index (χ1n) is 9.78. The molecule has 8 nitrogen and oxygen atoms in total. The van der Waals surface area contributed by atoms with Gasteiger partial charge in [-0.1, -0.05) is 29.8 Å². The highest BCUT2D eigenvalue weighted by Gasteiger charge is 2.37. The van der Waals surface area contributed by atoms with Gasteiger partial charge in [0, 0.05) is 5.56 Å². The molecule has 4 rings (SSSR count). The molecule has 166 valence electrons. The van der Waals surface area contributed by atoms with E-state index in [0.29, 0.717) is 17.0 Å². The topological polar surface area (TPSA) is 117 Å². The van der Waals surface area contributed by atoms with Crippen LogP contribution in [0.15, 0.2) is 58.5 Å². The van der Waals surface area contributed by atoms with Crippen LogP contribution in [0.1, 0.15) is 27.2 Å². The number of hydrogen-bond acceptors (Lipinski definition) is 5. The van der Waals surface area contributed by atoms with Crippen molar-refractivity contribution in [3.8, 4) is 11.3 Å². The molecular weight excluding hydrogens is 448 g/mol. The Bertz CT molecular complexity index is 1370. The lowest BCUT2D eigenvalue weighted by atomic mass is 10.0. The number of nitrogens with one attached hydrogen (secondary N) is 1. The zero-order valence-electron chi connectivity index (χ0n) is 17.5. The lowest BCUT2D eigenvalue weighted by Crippen LogP contribution is -2.54. The third-order valence-corrected chi connectivity index (χ3v) is 5.63. The van der Waals surface area contributed by atoms with Gasteiger partial charge in [0.2, 0.25) is 0 Å². The second-order valence-corrected chi connectivity index (χ2v) is 7.79. The van der Waals surface area contributed by atoms with Crippen LogP contribution in [0, 0.1) is 13.8 Å². The Morgan fingerprint density at radius 1 is 1.09 bits per heavy atom. The maximum atomic E-state index is 13.1.